The summed E-state index contributed by atoms with van der Waals surface area (Å²) in [5, 5.41) is 48.0. The number of nitrogens with one attached hydrogen (secondary N) is 2. The highest BCUT2D eigenvalue weighted by atomic mass is 16.7. The Morgan fingerprint density at radius 1 is 0.917 bits per heavy atom. The number of unbranched alkanes of at least 4 members (excludes halogenated alkanes) is 7. The number of methoxy groups -OCH3 is 1. The predicted octanol–water partition coefficient (Wildman–Crippen LogP) is 1.03. The van der Waals surface area contributed by atoms with Crippen LogP contribution in [0.4, 0.5) is 0 Å². The molecule has 2 fully saturated rings. The maximum atomic E-state index is 10.8. The zero-order valence-electron chi connectivity index (χ0n) is 22.7. The standard InChI is InChI=1S/C26H52N2O8/c1-5-6-7-8-9-10-11-12-13-27-14-15-28-26(3)16-20(34-18(2)24(26)32)36-23-22(31)21(30)19(17-29)35-25(23)33-4/h18-25,27-32H,5-17H2,1-4H3. The van der Waals surface area contributed by atoms with Crippen LogP contribution in [0, 0.1) is 0 Å². The third-order valence-corrected chi connectivity index (χ3v) is 7.46. The Labute approximate surface area is 217 Å². The predicted molar refractivity (Wildman–Crippen MR) is 136 cm³/mol. The van der Waals surface area contributed by atoms with Crippen molar-refractivity contribution < 1.29 is 39.4 Å². The summed E-state index contributed by atoms with van der Waals surface area (Å²) in [6.45, 7) is 7.94. The first kappa shape index (κ1) is 31.8. The van der Waals surface area contributed by atoms with Gasteiger partial charge in [0.15, 0.2) is 12.6 Å². The lowest BCUT2D eigenvalue weighted by Gasteiger charge is -2.48. The van der Waals surface area contributed by atoms with Gasteiger partial charge in [0.1, 0.15) is 24.4 Å². The summed E-state index contributed by atoms with van der Waals surface area (Å²) in [4.78, 5) is 0. The second kappa shape index (κ2) is 16.5. The molecular formula is C26H52N2O8. The monoisotopic (exact) mass is 520 g/mol. The lowest BCUT2D eigenvalue weighted by Crippen LogP contribution is -2.65. The topological polar surface area (TPSA) is 142 Å². The molecule has 2 saturated heterocycles. The fourth-order valence-electron chi connectivity index (χ4n) is 5.12. The fraction of sp³-hybridized carbons (Fsp3) is 1.00. The summed E-state index contributed by atoms with van der Waals surface area (Å²) in [5.41, 5.74) is -0.669. The largest absolute Gasteiger partial charge is 0.394 e. The van der Waals surface area contributed by atoms with E-state index < -0.39 is 61.3 Å². The van der Waals surface area contributed by atoms with Gasteiger partial charge in [0.25, 0.3) is 0 Å². The van der Waals surface area contributed by atoms with Crippen LogP contribution in [0.1, 0.15) is 78.6 Å². The number of hydrogen-bond acceptors (Lipinski definition) is 10. The average molecular weight is 521 g/mol. The quantitative estimate of drug-likeness (QED) is 0.154. The molecule has 0 aromatic carbocycles. The summed E-state index contributed by atoms with van der Waals surface area (Å²) in [6.07, 6.45) is 3.09. The third kappa shape index (κ3) is 9.41. The molecule has 6 N–H and O–H groups in total. The first-order valence-electron chi connectivity index (χ1n) is 13.9. The fourth-order valence-corrected chi connectivity index (χ4v) is 5.12. The Kier molecular flexibility index (Phi) is 14.6. The molecule has 2 rings (SSSR count). The summed E-state index contributed by atoms with van der Waals surface area (Å²) in [5.74, 6) is 0. The van der Waals surface area contributed by atoms with Gasteiger partial charge in [-0.1, -0.05) is 51.9 Å². The molecule has 2 aliphatic rings. The van der Waals surface area contributed by atoms with Crippen molar-refractivity contribution in [3.05, 3.63) is 0 Å². The SMILES string of the molecule is CCCCCCCCCCNCCNC1(C)CC(OC2C(OC)OC(CO)C(O)C2O)OC(C)C1O. The van der Waals surface area contributed by atoms with E-state index in [-0.39, 0.29) is 0 Å². The zero-order valence-corrected chi connectivity index (χ0v) is 22.7. The number of aliphatic hydroxyl groups excluding tert-OH is 4. The molecule has 9 atom stereocenters. The number of ether oxygens (including phenoxy) is 4. The van der Waals surface area contributed by atoms with Crippen LogP contribution in [0.25, 0.3) is 0 Å². The van der Waals surface area contributed by atoms with E-state index in [1.807, 2.05) is 6.92 Å². The summed E-state index contributed by atoms with van der Waals surface area (Å²) in [7, 11) is 1.40. The summed E-state index contributed by atoms with van der Waals surface area (Å²) < 4.78 is 22.7. The smallest absolute Gasteiger partial charge is 0.186 e. The van der Waals surface area contributed by atoms with E-state index in [4.69, 9.17) is 18.9 Å². The van der Waals surface area contributed by atoms with Crippen molar-refractivity contribution in [2.24, 2.45) is 0 Å². The lowest BCUT2D eigenvalue weighted by atomic mass is 9.85. The molecule has 10 heteroatoms. The maximum Gasteiger partial charge on any atom is 0.186 e. The molecule has 0 aromatic heterocycles. The van der Waals surface area contributed by atoms with Crippen LogP contribution in [0.5, 0.6) is 0 Å². The lowest BCUT2D eigenvalue weighted by molar-refractivity contribution is -0.344. The normalized spacial score (nSPS) is 37.3. The highest BCUT2D eigenvalue weighted by molar-refractivity contribution is 4.99. The molecule has 214 valence electrons. The molecule has 9 unspecified atom stereocenters. The molecule has 0 radical (unpaired) electrons. The van der Waals surface area contributed by atoms with Crippen LogP contribution in [0.3, 0.4) is 0 Å². The van der Waals surface area contributed by atoms with E-state index in [9.17, 15) is 20.4 Å². The third-order valence-electron chi connectivity index (χ3n) is 7.46. The minimum atomic E-state index is -1.33. The van der Waals surface area contributed by atoms with Gasteiger partial charge in [0.2, 0.25) is 0 Å². The van der Waals surface area contributed by atoms with E-state index in [0.717, 1.165) is 13.1 Å². The Morgan fingerprint density at radius 3 is 2.22 bits per heavy atom. The van der Waals surface area contributed by atoms with Crippen LogP contribution >= 0.6 is 0 Å². The van der Waals surface area contributed by atoms with Crippen molar-refractivity contribution in [3.63, 3.8) is 0 Å². The van der Waals surface area contributed by atoms with Crippen molar-refractivity contribution in [1.82, 2.24) is 10.6 Å². The average Bonchev–Trinajstić information content (AvgIpc) is 2.86. The molecule has 2 heterocycles. The van der Waals surface area contributed by atoms with Crippen LogP contribution < -0.4 is 10.6 Å². The molecule has 0 aromatic rings. The second-order valence-corrected chi connectivity index (χ2v) is 10.5. The highest BCUT2D eigenvalue weighted by Crippen LogP contribution is 2.33. The molecular weight excluding hydrogens is 468 g/mol. The first-order valence-corrected chi connectivity index (χ1v) is 13.9. The molecule has 2 aliphatic heterocycles. The minimum Gasteiger partial charge on any atom is -0.394 e. The molecule has 36 heavy (non-hydrogen) atoms. The van der Waals surface area contributed by atoms with Gasteiger partial charge in [-0.2, -0.15) is 0 Å². The van der Waals surface area contributed by atoms with Crippen molar-refractivity contribution in [3.8, 4) is 0 Å². The van der Waals surface area contributed by atoms with Gasteiger partial charge in [-0.3, -0.25) is 0 Å². The molecule has 0 bridgehead atoms. The Bertz CT molecular complexity index is 586. The maximum absolute atomic E-state index is 10.8. The van der Waals surface area contributed by atoms with Gasteiger partial charge in [-0.05, 0) is 26.8 Å². The molecule has 0 spiro atoms. The van der Waals surface area contributed by atoms with Gasteiger partial charge in [-0.25, -0.2) is 0 Å². The van der Waals surface area contributed by atoms with Gasteiger partial charge in [0.05, 0.1) is 18.8 Å². The van der Waals surface area contributed by atoms with Crippen molar-refractivity contribution in [2.45, 2.75) is 133 Å². The number of aliphatic hydroxyl groups is 4. The Morgan fingerprint density at radius 2 is 1.58 bits per heavy atom. The highest BCUT2D eigenvalue weighted by Gasteiger charge is 2.50. The van der Waals surface area contributed by atoms with Crippen molar-refractivity contribution in [2.75, 3.05) is 33.4 Å². The first-order chi connectivity index (χ1) is 17.3. The number of hydrogen-bond donors (Lipinski definition) is 6. The van der Waals surface area contributed by atoms with E-state index in [2.05, 4.69) is 17.6 Å². The molecule has 0 saturated carbocycles. The Hall–Kier alpha value is -0.400. The van der Waals surface area contributed by atoms with Gasteiger partial charge in [0, 0.05) is 32.2 Å². The minimum absolute atomic E-state index is 0.329. The second-order valence-electron chi connectivity index (χ2n) is 10.5. The van der Waals surface area contributed by atoms with E-state index in [1.54, 1.807) is 6.92 Å². The van der Waals surface area contributed by atoms with Crippen molar-refractivity contribution in [1.29, 1.82) is 0 Å². The van der Waals surface area contributed by atoms with Gasteiger partial charge < -0.3 is 50.0 Å². The summed E-state index contributed by atoms with van der Waals surface area (Å²) >= 11 is 0. The van der Waals surface area contributed by atoms with E-state index in [1.165, 1.54) is 58.5 Å². The number of rotatable bonds is 17. The zero-order chi connectivity index (χ0) is 26.6. The van der Waals surface area contributed by atoms with Crippen LogP contribution in [0.15, 0.2) is 0 Å². The van der Waals surface area contributed by atoms with E-state index in [0.29, 0.717) is 13.0 Å². The molecule has 10 nitrogen and oxygen atoms in total. The molecule has 0 amide bonds. The van der Waals surface area contributed by atoms with Gasteiger partial charge in [-0.15, -0.1) is 0 Å². The summed E-state index contributed by atoms with van der Waals surface area (Å²) in [6, 6.07) is 0. The van der Waals surface area contributed by atoms with E-state index >= 15 is 0 Å². The van der Waals surface area contributed by atoms with Crippen LogP contribution in [0.2, 0.25) is 0 Å². The van der Waals surface area contributed by atoms with Gasteiger partial charge >= 0.3 is 0 Å². The van der Waals surface area contributed by atoms with Crippen molar-refractivity contribution >= 4 is 0 Å². The van der Waals surface area contributed by atoms with Crippen LogP contribution in [-0.4, -0.2) is 109 Å². The molecule has 0 aliphatic carbocycles. The van der Waals surface area contributed by atoms with Crippen LogP contribution in [-0.2, 0) is 18.9 Å². The Balaban J connectivity index is 1.75.